The van der Waals surface area contributed by atoms with Crippen LogP contribution in [0.15, 0.2) is 78.7 Å². The molecule has 5 rings (SSSR count). The molecule has 1 aliphatic heterocycles. The van der Waals surface area contributed by atoms with Crippen molar-refractivity contribution in [1.29, 1.82) is 5.26 Å². The zero-order valence-electron chi connectivity index (χ0n) is 20.5. The summed E-state index contributed by atoms with van der Waals surface area (Å²) in [6, 6.07) is 17.6. The van der Waals surface area contributed by atoms with Crippen LogP contribution in [0.4, 0.5) is 0 Å². The molecule has 0 saturated heterocycles. The number of nitrogens with zero attached hydrogens (tertiary/aromatic N) is 1. The number of ether oxygens (including phenoxy) is 4. The monoisotopic (exact) mass is 578 g/mol. The van der Waals surface area contributed by atoms with E-state index in [9.17, 15) is 10.1 Å². The van der Waals surface area contributed by atoms with Gasteiger partial charge in [-0.05, 0) is 35.9 Å². The summed E-state index contributed by atoms with van der Waals surface area (Å²) < 4.78 is 23.3. The molecule has 10 heteroatoms. The van der Waals surface area contributed by atoms with Crippen molar-refractivity contribution in [3.63, 3.8) is 0 Å². The molecule has 196 valence electrons. The van der Waals surface area contributed by atoms with Crippen LogP contribution in [-0.2, 0) is 0 Å². The molecule has 2 heterocycles. The molecule has 0 saturated carbocycles. The highest BCUT2D eigenvalue weighted by atomic mass is 35.5. The Morgan fingerprint density at radius 2 is 2.00 bits per heavy atom. The van der Waals surface area contributed by atoms with Crippen LogP contribution in [0.3, 0.4) is 0 Å². The second kappa shape index (κ2) is 10.9. The summed E-state index contributed by atoms with van der Waals surface area (Å²) in [6.45, 7) is 3.97. The molecule has 0 amide bonds. The van der Waals surface area contributed by atoms with E-state index in [1.807, 2.05) is 6.07 Å². The van der Waals surface area contributed by atoms with Crippen molar-refractivity contribution >= 4 is 50.6 Å². The number of benzene rings is 3. The molecular weight excluding hydrogens is 559 g/mol. The Kier molecular flexibility index (Phi) is 7.40. The SMILES string of the molecule is C=CCOc1ccc(C2C(C#N)=C(N)Oc3cc(OC(=O)c4sc5cc(Cl)ccc5c4Cl)ccc32)cc1OC. The van der Waals surface area contributed by atoms with Gasteiger partial charge < -0.3 is 24.7 Å². The zero-order chi connectivity index (χ0) is 27.7. The molecule has 0 radical (unpaired) electrons. The summed E-state index contributed by atoms with van der Waals surface area (Å²) in [7, 11) is 1.53. The lowest BCUT2D eigenvalue weighted by atomic mass is 9.83. The van der Waals surface area contributed by atoms with Crippen LogP contribution in [0.25, 0.3) is 10.1 Å². The fourth-order valence-corrected chi connectivity index (χ4v) is 5.96. The number of carbonyl (C=O) groups is 1. The molecule has 0 aliphatic carbocycles. The Balaban J connectivity index is 1.48. The summed E-state index contributed by atoms with van der Waals surface area (Å²) >= 11 is 13.7. The first-order chi connectivity index (χ1) is 18.8. The summed E-state index contributed by atoms with van der Waals surface area (Å²) in [6.07, 6.45) is 1.63. The Morgan fingerprint density at radius 3 is 2.74 bits per heavy atom. The van der Waals surface area contributed by atoms with Gasteiger partial charge in [0.15, 0.2) is 11.5 Å². The van der Waals surface area contributed by atoms with Gasteiger partial charge in [-0.3, -0.25) is 0 Å². The Morgan fingerprint density at radius 1 is 1.18 bits per heavy atom. The minimum atomic E-state index is -0.620. The van der Waals surface area contributed by atoms with Crippen molar-refractivity contribution < 1.29 is 23.7 Å². The molecule has 0 bridgehead atoms. The van der Waals surface area contributed by atoms with Crippen LogP contribution >= 0.6 is 34.5 Å². The number of thiophene rings is 1. The highest BCUT2D eigenvalue weighted by molar-refractivity contribution is 7.21. The minimum absolute atomic E-state index is 0.0474. The number of fused-ring (bicyclic) bond motifs is 2. The van der Waals surface area contributed by atoms with E-state index in [0.29, 0.717) is 44.9 Å². The molecule has 0 spiro atoms. The summed E-state index contributed by atoms with van der Waals surface area (Å²) in [5, 5.41) is 11.5. The number of rotatable bonds is 7. The van der Waals surface area contributed by atoms with Gasteiger partial charge in [0.25, 0.3) is 0 Å². The Bertz CT molecular complexity index is 1710. The van der Waals surface area contributed by atoms with Gasteiger partial charge in [0, 0.05) is 26.7 Å². The number of nitriles is 1. The van der Waals surface area contributed by atoms with Crippen molar-refractivity contribution in [3.05, 3.63) is 105 Å². The summed E-state index contributed by atoms with van der Waals surface area (Å²) in [5.74, 6) is 0.385. The molecule has 0 fully saturated rings. The lowest BCUT2D eigenvalue weighted by Crippen LogP contribution is -2.21. The number of allylic oxidation sites excluding steroid dienone is 1. The van der Waals surface area contributed by atoms with Crippen LogP contribution in [0, 0.1) is 11.3 Å². The highest BCUT2D eigenvalue weighted by Gasteiger charge is 2.32. The van der Waals surface area contributed by atoms with Crippen LogP contribution in [0.5, 0.6) is 23.0 Å². The molecular formula is C29H20Cl2N2O5S. The molecule has 1 atom stereocenters. The van der Waals surface area contributed by atoms with Gasteiger partial charge in [0.2, 0.25) is 5.88 Å². The molecule has 3 aromatic carbocycles. The van der Waals surface area contributed by atoms with Crippen molar-refractivity contribution in [2.45, 2.75) is 5.92 Å². The molecule has 1 aliphatic rings. The smallest absolute Gasteiger partial charge is 0.355 e. The maximum atomic E-state index is 13.0. The van der Waals surface area contributed by atoms with Crippen molar-refractivity contribution in [3.8, 4) is 29.1 Å². The predicted octanol–water partition coefficient (Wildman–Crippen LogP) is 7.22. The first kappa shape index (κ1) is 26.4. The maximum absolute atomic E-state index is 13.0. The zero-order valence-corrected chi connectivity index (χ0v) is 22.8. The maximum Gasteiger partial charge on any atom is 0.355 e. The Labute approximate surface area is 238 Å². The van der Waals surface area contributed by atoms with Crippen LogP contribution in [0.2, 0.25) is 10.0 Å². The third kappa shape index (κ3) is 5.00. The first-order valence-corrected chi connectivity index (χ1v) is 13.1. The van der Waals surface area contributed by atoms with Crippen LogP contribution in [-0.4, -0.2) is 19.7 Å². The molecule has 2 N–H and O–H groups in total. The van der Waals surface area contributed by atoms with E-state index in [2.05, 4.69) is 12.6 Å². The number of halogens is 2. The van der Waals surface area contributed by atoms with Crippen LogP contribution in [0.1, 0.15) is 26.7 Å². The molecule has 4 aromatic rings. The van der Waals surface area contributed by atoms with Gasteiger partial charge in [0.1, 0.15) is 34.6 Å². The van der Waals surface area contributed by atoms with Gasteiger partial charge in [-0.1, -0.05) is 54.1 Å². The number of hydrogen-bond acceptors (Lipinski definition) is 8. The van der Waals surface area contributed by atoms with E-state index in [1.54, 1.807) is 54.6 Å². The number of esters is 1. The summed E-state index contributed by atoms with van der Waals surface area (Å²) in [5.41, 5.74) is 7.79. The average Bonchev–Trinajstić information content (AvgIpc) is 3.26. The third-order valence-electron chi connectivity index (χ3n) is 6.06. The normalized spacial score (nSPS) is 14.3. The lowest BCUT2D eigenvalue weighted by molar-refractivity contribution is 0.0740. The molecule has 39 heavy (non-hydrogen) atoms. The van der Waals surface area contributed by atoms with E-state index in [-0.39, 0.29) is 22.1 Å². The van der Waals surface area contributed by atoms with E-state index in [4.69, 9.17) is 47.9 Å². The molecule has 7 nitrogen and oxygen atoms in total. The summed E-state index contributed by atoms with van der Waals surface area (Å²) in [4.78, 5) is 13.3. The number of carbonyl (C=O) groups excluding carboxylic acids is 1. The van der Waals surface area contributed by atoms with E-state index < -0.39 is 11.9 Å². The minimum Gasteiger partial charge on any atom is -0.493 e. The van der Waals surface area contributed by atoms with Gasteiger partial charge >= 0.3 is 5.97 Å². The fourth-order valence-electron chi connectivity index (χ4n) is 4.30. The predicted molar refractivity (Wildman–Crippen MR) is 151 cm³/mol. The third-order valence-corrected chi connectivity index (χ3v) is 7.93. The quantitative estimate of drug-likeness (QED) is 0.140. The van der Waals surface area contributed by atoms with Crippen molar-refractivity contribution in [1.82, 2.24) is 0 Å². The van der Waals surface area contributed by atoms with Crippen LogP contribution < -0.4 is 24.7 Å². The van der Waals surface area contributed by atoms with Crippen molar-refractivity contribution in [2.24, 2.45) is 5.73 Å². The largest absolute Gasteiger partial charge is 0.493 e. The first-order valence-electron chi connectivity index (χ1n) is 11.6. The van der Waals surface area contributed by atoms with Gasteiger partial charge in [-0.2, -0.15) is 5.26 Å². The van der Waals surface area contributed by atoms with E-state index in [0.717, 1.165) is 10.3 Å². The second-order valence-electron chi connectivity index (χ2n) is 8.41. The molecule has 1 unspecified atom stereocenters. The number of methoxy groups -OCH3 is 1. The fraction of sp³-hybridized carbons (Fsp3) is 0.103. The van der Waals surface area contributed by atoms with E-state index >= 15 is 0 Å². The number of nitrogens with two attached hydrogens (primary N) is 1. The van der Waals surface area contributed by atoms with Gasteiger partial charge in [-0.25, -0.2) is 4.79 Å². The molecule has 1 aromatic heterocycles. The van der Waals surface area contributed by atoms with Gasteiger partial charge in [-0.15, -0.1) is 11.3 Å². The topological polar surface area (TPSA) is 104 Å². The lowest BCUT2D eigenvalue weighted by Gasteiger charge is -2.27. The Hall–Kier alpha value is -4.16. The average molecular weight is 579 g/mol. The number of hydrogen-bond donors (Lipinski definition) is 1. The van der Waals surface area contributed by atoms with Gasteiger partial charge in [0.05, 0.1) is 18.1 Å². The van der Waals surface area contributed by atoms with Crippen molar-refractivity contribution in [2.75, 3.05) is 13.7 Å². The standard InChI is InChI=1S/C29H20Cl2N2O5S/c1-3-10-36-21-9-4-15(11-23(21)35-2)25-18-8-6-17(13-22(18)38-28(33)20(25)14-32)37-29(34)27-26(31)19-7-5-16(30)12-24(19)39-27/h3-9,11-13,25H,1,10,33H2,2H3. The second-order valence-corrected chi connectivity index (χ2v) is 10.3. The highest BCUT2D eigenvalue weighted by Crippen LogP contribution is 2.45. The van der Waals surface area contributed by atoms with E-state index in [1.165, 1.54) is 18.4 Å².